The van der Waals surface area contributed by atoms with Gasteiger partial charge in [-0.25, -0.2) is 9.97 Å². The van der Waals surface area contributed by atoms with E-state index in [4.69, 9.17) is 10.8 Å². The number of ketones is 1. The Balaban J connectivity index is 1.47. The van der Waals surface area contributed by atoms with Crippen LogP contribution in [0.3, 0.4) is 0 Å². The van der Waals surface area contributed by atoms with Crippen molar-refractivity contribution in [3.8, 4) is 11.8 Å². The van der Waals surface area contributed by atoms with Crippen LogP contribution >= 0.6 is 0 Å². The number of nitrogens with two attached hydrogens (primary N) is 1. The van der Waals surface area contributed by atoms with E-state index in [1.165, 1.54) is 6.08 Å². The Morgan fingerprint density at radius 3 is 2.81 bits per heavy atom. The summed E-state index contributed by atoms with van der Waals surface area (Å²) in [7, 11) is 0. The van der Waals surface area contributed by atoms with Gasteiger partial charge in [0.15, 0.2) is 5.78 Å². The SMILES string of the molecule is C=CC(=O)N1CC[C@H](n2nc(C#Cc3ccc4c(c3)ncn4CC)c3c(N)ncc(C(=O)C4CC4)c32)C1. The summed E-state index contributed by atoms with van der Waals surface area (Å²) in [4.78, 5) is 36.0. The first-order chi connectivity index (χ1) is 18.0. The maximum absolute atomic E-state index is 13.2. The second-order valence-corrected chi connectivity index (χ2v) is 9.63. The van der Waals surface area contributed by atoms with E-state index in [0.717, 1.165) is 36.0 Å². The van der Waals surface area contributed by atoms with E-state index in [0.29, 0.717) is 41.7 Å². The molecule has 1 aliphatic heterocycles. The fourth-order valence-corrected chi connectivity index (χ4v) is 5.09. The van der Waals surface area contributed by atoms with Crippen LogP contribution < -0.4 is 5.73 Å². The van der Waals surface area contributed by atoms with Gasteiger partial charge in [0, 0.05) is 37.3 Å². The lowest BCUT2D eigenvalue weighted by Gasteiger charge is -2.16. The highest BCUT2D eigenvalue weighted by atomic mass is 16.2. The zero-order valence-corrected chi connectivity index (χ0v) is 20.6. The zero-order valence-electron chi connectivity index (χ0n) is 20.6. The molecule has 2 aliphatic rings. The first-order valence-electron chi connectivity index (χ1n) is 12.6. The van der Waals surface area contributed by atoms with Crippen LogP contribution in [-0.4, -0.2) is 54.0 Å². The number of rotatable bonds is 5. The fraction of sp³-hybridized carbons (Fsp3) is 0.321. The van der Waals surface area contributed by atoms with Gasteiger partial charge in [0.2, 0.25) is 5.91 Å². The molecular weight excluding hydrogens is 466 g/mol. The van der Waals surface area contributed by atoms with Gasteiger partial charge in [0.05, 0.1) is 39.9 Å². The number of imidazole rings is 1. The summed E-state index contributed by atoms with van der Waals surface area (Å²) >= 11 is 0. The summed E-state index contributed by atoms with van der Waals surface area (Å²) in [5.74, 6) is 6.64. The minimum absolute atomic E-state index is 0.0172. The molecule has 186 valence electrons. The molecule has 9 nitrogen and oxygen atoms in total. The van der Waals surface area contributed by atoms with Crippen molar-refractivity contribution in [2.24, 2.45) is 5.92 Å². The van der Waals surface area contributed by atoms with Gasteiger partial charge >= 0.3 is 0 Å². The molecule has 0 spiro atoms. The second kappa shape index (κ2) is 8.89. The highest BCUT2D eigenvalue weighted by Crippen LogP contribution is 2.37. The largest absolute Gasteiger partial charge is 0.383 e. The first-order valence-corrected chi connectivity index (χ1v) is 12.6. The van der Waals surface area contributed by atoms with Gasteiger partial charge in [-0.2, -0.15) is 5.10 Å². The maximum atomic E-state index is 13.2. The van der Waals surface area contributed by atoms with Crippen LogP contribution in [0, 0.1) is 17.8 Å². The molecule has 1 aromatic carbocycles. The summed E-state index contributed by atoms with van der Waals surface area (Å²) in [6.07, 6.45) is 7.18. The zero-order chi connectivity index (χ0) is 25.7. The average molecular weight is 494 g/mol. The van der Waals surface area contributed by atoms with Gasteiger partial charge in [0.1, 0.15) is 11.5 Å². The molecule has 1 saturated carbocycles. The number of nitrogen functional groups attached to an aromatic ring is 1. The smallest absolute Gasteiger partial charge is 0.246 e. The summed E-state index contributed by atoms with van der Waals surface area (Å²) in [6.45, 7) is 7.59. The molecule has 1 aliphatic carbocycles. The van der Waals surface area contributed by atoms with E-state index in [1.54, 1.807) is 11.1 Å². The van der Waals surface area contributed by atoms with Crippen LogP contribution in [0.15, 0.2) is 43.4 Å². The number of likely N-dealkylation sites (tertiary alicyclic amines) is 1. The lowest BCUT2D eigenvalue weighted by atomic mass is 10.0. The summed E-state index contributed by atoms with van der Waals surface area (Å²) in [5.41, 5.74) is 10.7. The monoisotopic (exact) mass is 493 g/mol. The van der Waals surface area contributed by atoms with E-state index in [2.05, 4.69) is 39.9 Å². The lowest BCUT2D eigenvalue weighted by Crippen LogP contribution is -2.27. The van der Waals surface area contributed by atoms with Gasteiger partial charge in [-0.3, -0.25) is 14.3 Å². The number of fused-ring (bicyclic) bond motifs is 2. The number of aryl methyl sites for hydroxylation is 1. The fourth-order valence-electron chi connectivity index (χ4n) is 5.09. The van der Waals surface area contributed by atoms with E-state index >= 15 is 0 Å². The molecular formula is C28H27N7O2. The standard InChI is InChI=1S/C28H27N7O2/c1-3-24(36)34-12-11-19(15-34)35-26-20(27(37)18-7-8-18)14-30-28(29)25(26)21(32-35)9-5-17-6-10-23-22(13-17)31-16-33(23)4-2/h3,6,10,13-14,16,18-19H,1,4,7-8,11-12,15H2,2H3,(H2,29,30)/t19-/m0/s1. The molecule has 1 amide bonds. The minimum atomic E-state index is -0.115. The van der Waals surface area contributed by atoms with Gasteiger partial charge in [-0.15, -0.1) is 0 Å². The predicted octanol–water partition coefficient (Wildman–Crippen LogP) is 3.34. The van der Waals surface area contributed by atoms with Crippen molar-refractivity contribution in [2.45, 2.75) is 38.8 Å². The van der Waals surface area contributed by atoms with Gasteiger partial charge in [-0.1, -0.05) is 12.5 Å². The number of hydrogen-bond donors (Lipinski definition) is 1. The Hall–Kier alpha value is -4.45. The summed E-state index contributed by atoms with van der Waals surface area (Å²) in [5, 5.41) is 5.44. The third-order valence-electron chi connectivity index (χ3n) is 7.25. The van der Waals surface area contributed by atoms with E-state index in [1.807, 2.05) is 29.2 Å². The summed E-state index contributed by atoms with van der Waals surface area (Å²) in [6, 6.07) is 5.82. The third-order valence-corrected chi connectivity index (χ3v) is 7.25. The topological polar surface area (TPSA) is 112 Å². The molecule has 4 aromatic rings. The molecule has 0 unspecified atom stereocenters. The quantitative estimate of drug-likeness (QED) is 0.259. The Bertz CT molecular complexity index is 1650. The predicted molar refractivity (Wildman–Crippen MR) is 141 cm³/mol. The molecule has 37 heavy (non-hydrogen) atoms. The summed E-state index contributed by atoms with van der Waals surface area (Å²) < 4.78 is 3.92. The van der Waals surface area contributed by atoms with Crippen molar-refractivity contribution in [1.29, 1.82) is 0 Å². The van der Waals surface area contributed by atoms with Crippen LogP contribution in [0.4, 0.5) is 5.82 Å². The van der Waals surface area contributed by atoms with Crippen molar-refractivity contribution in [2.75, 3.05) is 18.8 Å². The number of hydrogen-bond acceptors (Lipinski definition) is 6. The number of carbonyl (C=O) groups excluding carboxylic acids is 2. The number of Topliss-reactive ketones (excluding diaryl/α,β-unsaturated/α-hetero) is 1. The van der Waals surface area contributed by atoms with Crippen molar-refractivity contribution in [1.82, 2.24) is 29.2 Å². The van der Waals surface area contributed by atoms with Crippen LogP contribution in [-0.2, 0) is 11.3 Å². The van der Waals surface area contributed by atoms with Crippen molar-refractivity contribution < 1.29 is 9.59 Å². The number of pyridine rings is 1. The molecule has 2 N–H and O–H groups in total. The lowest BCUT2D eigenvalue weighted by molar-refractivity contribution is -0.125. The second-order valence-electron chi connectivity index (χ2n) is 9.63. The number of nitrogens with zero attached hydrogens (tertiary/aromatic N) is 6. The number of anilines is 1. The highest BCUT2D eigenvalue weighted by molar-refractivity contribution is 6.11. The van der Waals surface area contributed by atoms with Gasteiger partial charge < -0.3 is 15.2 Å². The molecule has 2 fully saturated rings. The van der Waals surface area contributed by atoms with Gasteiger partial charge in [-0.05, 0) is 56.4 Å². The van der Waals surface area contributed by atoms with E-state index in [9.17, 15) is 9.59 Å². The van der Waals surface area contributed by atoms with E-state index < -0.39 is 0 Å². The van der Waals surface area contributed by atoms with Crippen molar-refractivity contribution in [3.05, 3.63) is 60.2 Å². The Labute approximate surface area is 214 Å². The van der Waals surface area contributed by atoms with Crippen LogP contribution in [0.5, 0.6) is 0 Å². The molecule has 1 atom stereocenters. The molecule has 4 heterocycles. The maximum Gasteiger partial charge on any atom is 0.246 e. The van der Waals surface area contributed by atoms with Crippen molar-refractivity contribution >= 4 is 39.4 Å². The van der Waals surface area contributed by atoms with Crippen molar-refractivity contribution in [3.63, 3.8) is 0 Å². The molecule has 0 radical (unpaired) electrons. The van der Waals surface area contributed by atoms with Gasteiger partial charge in [0.25, 0.3) is 0 Å². The molecule has 0 bridgehead atoms. The normalized spacial score (nSPS) is 17.2. The number of aromatic nitrogens is 5. The van der Waals surface area contributed by atoms with Crippen LogP contribution in [0.1, 0.15) is 53.8 Å². The van der Waals surface area contributed by atoms with Crippen LogP contribution in [0.25, 0.3) is 21.9 Å². The molecule has 3 aromatic heterocycles. The van der Waals surface area contributed by atoms with E-state index in [-0.39, 0.29) is 29.5 Å². The molecule has 9 heteroatoms. The number of benzene rings is 1. The Kier molecular flexibility index (Phi) is 5.52. The van der Waals surface area contributed by atoms with Crippen LogP contribution in [0.2, 0.25) is 0 Å². The average Bonchev–Trinajstić information content (AvgIpc) is 3.33. The molecule has 1 saturated heterocycles. The highest BCUT2D eigenvalue weighted by Gasteiger charge is 2.35. The minimum Gasteiger partial charge on any atom is -0.383 e. The molecule has 6 rings (SSSR count). The third kappa shape index (κ3) is 3.95. The number of amides is 1. The number of carbonyl (C=O) groups is 2. The first kappa shape index (κ1) is 23.0. The Morgan fingerprint density at radius 1 is 1.22 bits per heavy atom. The Morgan fingerprint density at radius 2 is 2.05 bits per heavy atom.